The van der Waals surface area contributed by atoms with Crippen molar-refractivity contribution in [2.24, 2.45) is 5.92 Å². The number of nitrogens with zero attached hydrogens (tertiary/aromatic N) is 2. The number of amides is 2. The fraction of sp³-hybridized carbons (Fsp3) is 0.600. The number of carbonyl (C=O) groups is 2. The topological polar surface area (TPSA) is 70.1 Å². The Morgan fingerprint density at radius 1 is 1.35 bits per heavy atom. The molecule has 0 bridgehead atoms. The highest BCUT2D eigenvalue weighted by molar-refractivity contribution is 5.89. The highest BCUT2D eigenvalue weighted by Crippen LogP contribution is 2.30. The lowest BCUT2D eigenvalue weighted by Crippen LogP contribution is -2.41. The number of likely N-dealkylation sites (tertiary alicyclic amines) is 2. The van der Waals surface area contributed by atoms with Crippen LogP contribution in [0.15, 0.2) is 30.3 Å². The molecule has 2 heterocycles. The molecule has 2 saturated heterocycles. The van der Waals surface area contributed by atoms with Gasteiger partial charge in [0.1, 0.15) is 0 Å². The lowest BCUT2D eigenvalue weighted by molar-refractivity contribution is -0.137. The van der Waals surface area contributed by atoms with Crippen LogP contribution in [-0.2, 0) is 14.3 Å². The second-order valence-electron chi connectivity index (χ2n) is 7.22. The van der Waals surface area contributed by atoms with Gasteiger partial charge in [0.25, 0.3) is 0 Å². The van der Waals surface area contributed by atoms with E-state index in [2.05, 4.69) is 0 Å². The average Bonchev–Trinajstić information content (AvgIpc) is 3.26. The summed E-state index contributed by atoms with van der Waals surface area (Å²) in [4.78, 5) is 28.7. The normalized spacial score (nSPS) is 24.3. The van der Waals surface area contributed by atoms with Gasteiger partial charge in [-0.05, 0) is 24.8 Å². The molecule has 3 unspecified atom stereocenters. The summed E-state index contributed by atoms with van der Waals surface area (Å²) in [7, 11) is 1.61. The second-order valence-corrected chi connectivity index (χ2v) is 7.22. The largest absolute Gasteiger partial charge is 0.388 e. The Labute approximate surface area is 154 Å². The lowest BCUT2D eigenvalue weighted by Gasteiger charge is -2.29. The standard InChI is InChI=1S/C20H28N2O4/c1-26-11-10-21-14-16(12-19(21)24)20(25)22-9-5-8-17(22)13-18(23)15-6-3-2-4-7-15/h2-4,6-7,16-18,23H,5,8-14H2,1H3. The quantitative estimate of drug-likeness (QED) is 0.802. The predicted octanol–water partition coefficient (Wildman–Crippen LogP) is 1.60. The zero-order chi connectivity index (χ0) is 18.5. The number of carbonyl (C=O) groups excluding carboxylic acids is 2. The average molecular weight is 360 g/mol. The van der Waals surface area contributed by atoms with Crippen molar-refractivity contribution in [3.8, 4) is 0 Å². The highest BCUT2D eigenvalue weighted by atomic mass is 16.5. The van der Waals surface area contributed by atoms with Crippen molar-refractivity contribution in [2.75, 3.05) is 33.4 Å². The fourth-order valence-electron chi connectivity index (χ4n) is 4.03. The third kappa shape index (κ3) is 4.24. The van der Waals surface area contributed by atoms with Gasteiger partial charge in [-0.3, -0.25) is 9.59 Å². The SMILES string of the molecule is COCCN1CC(C(=O)N2CCCC2CC(O)c2ccccc2)CC1=O. The number of hydrogen-bond donors (Lipinski definition) is 1. The van der Waals surface area contributed by atoms with Crippen molar-refractivity contribution in [1.82, 2.24) is 9.80 Å². The van der Waals surface area contributed by atoms with E-state index in [1.807, 2.05) is 35.2 Å². The van der Waals surface area contributed by atoms with Gasteiger partial charge in [0.2, 0.25) is 11.8 Å². The molecular formula is C20H28N2O4. The van der Waals surface area contributed by atoms with Gasteiger partial charge in [0.05, 0.1) is 18.6 Å². The molecular weight excluding hydrogens is 332 g/mol. The molecule has 0 spiro atoms. The zero-order valence-electron chi connectivity index (χ0n) is 15.3. The van der Waals surface area contributed by atoms with Gasteiger partial charge in [-0.1, -0.05) is 30.3 Å². The van der Waals surface area contributed by atoms with Crippen LogP contribution < -0.4 is 0 Å². The Hall–Kier alpha value is -1.92. The minimum atomic E-state index is -0.571. The molecule has 1 N–H and O–H groups in total. The maximum absolute atomic E-state index is 13.0. The molecule has 2 amide bonds. The zero-order valence-corrected chi connectivity index (χ0v) is 15.3. The molecule has 3 atom stereocenters. The lowest BCUT2D eigenvalue weighted by atomic mass is 9.99. The maximum atomic E-state index is 13.0. The van der Waals surface area contributed by atoms with E-state index in [0.29, 0.717) is 32.7 Å². The molecule has 6 heteroatoms. The van der Waals surface area contributed by atoms with E-state index in [0.717, 1.165) is 18.4 Å². The molecule has 142 valence electrons. The summed E-state index contributed by atoms with van der Waals surface area (Å²) >= 11 is 0. The molecule has 1 aromatic rings. The molecule has 0 aliphatic carbocycles. The molecule has 2 aliphatic rings. The minimum Gasteiger partial charge on any atom is -0.388 e. The van der Waals surface area contributed by atoms with Gasteiger partial charge in [0, 0.05) is 39.2 Å². The van der Waals surface area contributed by atoms with Crippen LogP contribution in [0.3, 0.4) is 0 Å². The molecule has 1 aromatic carbocycles. The molecule has 0 radical (unpaired) electrons. The first kappa shape index (κ1) is 18.9. The summed E-state index contributed by atoms with van der Waals surface area (Å²) in [5.74, 6) is -0.185. The third-order valence-electron chi connectivity index (χ3n) is 5.47. The van der Waals surface area contributed by atoms with Crippen LogP contribution in [-0.4, -0.2) is 66.1 Å². The maximum Gasteiger partial charge on any atom is 0.228 e. The van der Waals surface area contributed by atoms with Crippen molar-refractivity contribution in [1.29, 1.82) is 0 Å². The van der Waals surface area contributed by atoms with Crippen LogP contribution >= 0.6 is 0 Å². The van der Waals surface area contributed by atoms with Crippen LogP contribution in [0.25, 0.3) is 0 Å². The number of hydrogen-bond acceptors (Lipinski definition) is 4. The number of aliphatic hydroxyl groups is 1. The van der Waals surface area contributed by atoms with E-state index < -0.39 is 6.10 Å². The summed E-state index contributed by atoms with van der Waals surface area (Å²) in [5, 5.41) is 10.5. The predicted molar refractivity (Wildman–Crippen MR) is 97.3 cm³/mol. The summed E-state index contributed by atoms with van der Waals surface area (Å²) in [6, 6.07) is 9.61. The Bertz CT molecular complexity index is 621. The van der Waals surface area contributed by atoms with E-state index >= 15 is 0 Å². The molecule has 0 aromatic heterocycles. The summed E-state index contributed by atoms with van der Waals surface area (Å²) < 4.78 is 5.03. The first-order valence-corrected chi connectivity index (χ1v) is 9.40. The van der Waals surface area contributed by atoms with Crippen LogP contribution in [0.4, 0.5) is 0 Å². The minimum absolute atomic E-state index is 0.0282. The van der Waals surface area contributed by atoms with E-state index in [1.54, 1.807) is 12.0 Å². The van der Waals surface area contributed by atoms with Crippen LogP contribution in [0.1, 0.15) is 37.4 Å². The highest BCUT2D eigenvalue weighted by Gasteiger charge is 2.40. The van der Waals surface area contributed by atoms with E-state index in [1.165, 1.54) is 0 Å². The number of methoxy groups -OCH3 is 1. The van der Waals surface area contributed by atoms with E-state index in [9.17, 15) is 14.7 Å². The Balaban J connectivity index is 1.59. The van der Waals surface area contributed by atoms with E-state index in [4.69, 9.17) is 4.74 Å². The van der Waals surface area contributed by atoms with E-state index in [-0.39, 0.29) is 30.2 Å². The molecule has 2 fully saturated rings. The van der Waals surface area contributed by atoms with Gasteiger partial charge < -0.3 is 19.6 Å². The number of aliphatic hydroxyl groups excluding tert-OH is 1. The number of rotatable bonds is 7. The van der Waals surface area contributed by atoms with Gasteiger partial charge >= 0.3 is 0 Å². The number of benzene rings is 1. The third-order valence-corrected chi connectivity index (χ3v) is 5.47. The molecule has 6 nitrogen and oxygen atoms in total. The smallest absolute Gasteiger partial charge is 0.228 e. The Morgan fingerprint density at radius 3 is 2.85 bits per heavy atom. The van der Waals surface area contributed by atoms with Crippen molar-refractivity contribution in [3.05, 3.63) is 35.9 Å². The van der Waals surface area contributed by atoms with Gasteiger partial charge in [0.15, 0.2) is 0 Å². The molecule has 26 heavy (non-hydrogen) atoms. The molecule has 3 rings (SSSR count). The fourth-order valence-corrected chi connectivity index (χ4v) is 4.03. The van der Waals surface area contributed by atoms with Gasteiger partial charge in [-0.2, -0.15) is 0 Å². The van der Waals surface area contributed by atoms with Crippen LogP contribution in [0, 0.1) is 5.92 Å². The van der Waals surface area contributed by atoms with Crippen molar-refractivity contribution in [2.45, 2.75) is 37.8 Å². The van der Waals surface area contributed by atoms with Crippen molar-refractivity contribution in [3.63, 3.8) is 0 Å². The van der Waals surface area contributed by atoms with Crippen LogP contribution in [0.2, 0.25) is 0 Å². The van der Waals surface area contributed by atoms with Gasteiger partial charge in [-0.25, -0.2) is 0 Å². The summed E-state index contributed by atoms with van der Waals surface area (Å²) in [6.45, 7) is 2.22. The number of ether oxygens (including phenoxy) is 1. The Kier molecular flexibility index (Phi) is 6.27. The first-order valence-electron chi connectivity index (χ1n) is 9.40. The Morgan fingerprint density at radius 2 is 2.12 bits per heavy atom. The summed E-state index contributed by atoms with van der Waals surface area (Å²) in [6.07, 6.45) is 2.12. The van der Waals surface area contributed by atoms with Crippen molar-refractivity contribution >= 4 is 11.8 Å². The molecule has 0 saturated carbocycles. The van der Waals surface area contributed by atoms with Gasteiger partial charge in [-0.15, -0.1) is 0 Å². The summed E-state index contributed by atoms with van der Waals surface area (Å²) in [5.41, 5.74) is 0.883. The van der Waals surface area contributed by atoms with Crippen LogP contribution in [0.5, 0.6) is 0 Å². The molecule has 2 aliphatic heterocycles. The monoisotopic (exact) mass is 360 g/mol. The van der Waals surface area contributed by atoms with Crippen molar-refractivity contribution < 1.29 is 19.4 Å². The second kappa shape index (κ2) is 8.64. The first-order chi connectivity index (χ1) is 12.6.